The molecule has 3 aromatic rings. The smallest absolute Gasteiger partial charge is 0.262 e. The first kappa shape index (κ1) is 17.4. The highest BCUT2D eigenvalue weighted by molar-refractivity contribution is 7.18. The first-order chi connectivity index (χ1) is 12.5. The molecule has 26 heavy (non-hydrogen) atoms. The largest absolute Gasteiger partial charge is 0.300 e. The fourth-order valence-electron chi connectivity index (χ4n) is 3.58. The molecule has 1 aliphatic carbocycles. The highest BCUT2D eigenvalue weighted by atomic mass is 35.5. The van der Waals surface area contributed by atoms with Crippen molar-refractivity contribution in [1.29, 1.82) is 0 Å². The number of hydrogen-bond donors (Lipinski definition) is 0. The Morgan fingerprint density at radius 1 is 1.35 bits per heavy atom. The van der Waals surface area contributed by atoms with Crippen LogP contribution in [-0.4, -0.2) is 15.3 Å². The number of hydrogen-bond acceptors (Lipinski definition) is 4. The summed E-state index contributed by atoms with van der Waals surface area (Å²) in [6.45, 7) is 1.92. The lowest BCUT2D eigenvalue weighted by Crippen LogP contribution is -2.26. The maximum absolute atomic E-state index is 13.2. The summed E-state index contributed by atoms with van der Waals surface area (Å²) >= 11 is 7.74. The maximum atomic E-state index is 13.2. The monoisotopic (exact) mass is 386 g/mol. The molecule has 134 valence electrons. The Morgan fingerprint density at radius 2 is 2.19 bits per heavy atom. The second-order valence-electron chi connectivity index (χ2n) is 6.78. The molecule has 2 heterocycles. The van der Waals surface area contributed by atoms with Crippen LogP contribution in [0, 0.1) is 0 Å². The minimum absolute atomic E-state index is 0.00678. The Kier molecular flexibility index (Phi) is 4.67. The van der Waals surface area contributed by atoms with Crippen LogP contribution < -0.4 is 5.56 Å². The first-order valence-electron chi connectivity index (χ1n) is 8.81. The van der Waals surface area contributed by atoms with Gasteiger partial charge in [-0.25, -0.2) is 4.98 Å². The molecule has 6 heteroatoms. The van der Waals surface area contributed by atoms with Gasteiger partial charge >= 0.3 is 0 Å². The molecule has 4 rings (SSSR count). The van der Waals surface area contributed by atoms with Crippen molar-refractivity contribution in [2.24, 2.45) is 0 Å². The van der Waals surface area contributed by atoms with E-state index in [1.165, 1.54) is 10.4 Å². The predicted octanol–water partition coefficient (Wildman–Crippen LogP) is 4.17. The van der Waals surface area contributed by atoms with Crippen molar-refractivity contribution in [1.82, 2.24) is 9.55 Å². The Balaban J connectivity index is 1.85. The normalized spacial score (nSPS) is 13.3. The number of fused-ring (bicyclic) bond motifs is 3. The van der Waals surface area contributed by atoms with Crippen molar-refractivity contribution in [3.05, 3.63) is 61.5 Å². The van der Waals surface area contributed by atoms with Crippen LogP contribution in [0.1, 0.15) is 41.6 Å². The van der Waals surface area contributed by atoms with Gasteiger partial charge in [0, 0.05) is 29.3 Å². The van der Waals surface area contributed by atoms with Crippen LogP contribution in [0.4, 0.5) is 0 Å². The van der Waals surface area contributed by atoms with Crippen LogP contribution in [0.25, 0.3) is 10.2 Å². The van der Waals surface area contributed by atoms with Crippen molar-refractivity contribution >= 4 is 38.9 Å². The molecule has 0 amide bonds. The molecule has 1 aromatic carbocycles. The van der Waals surface area contributed by atoms with E-state index in [1.54, 1.807) is 22.8 Å². The lowest BCUT2D eigenvalue weighted by molar-refractivity contribution is -0.117. The predicted molar refractivity (Wildman–Crippen MR) is 105 cm³/mol. The van der Waals surface area contributed by atoms with Gasteiger partial charge in [-0.1, -0.05) is 23.7 Å². The summed E-state index contributed by atoms with van der Waals surface area (Å²) in [5.41, 5.74) is 2.17. The van der Waals surface area contributed by atoms with Crippen LogP contribution in [0.15, 0.2) is 29.1 Å². The number of aromatic nitrogens is 2. The SMILES string of the molecule is CC(=O)CCn1c(Cc2cccc(Cl)c2)nc2sc3c(c2c1=O)CCC3. The zero-order valence-corrected chi connectivity index (χ0v) is 16.1. The second-order valence-corrected chi connectivity index (χ2v) is 8.30. The van der Waals surface area contributed by atoms with Crippen LogP contribution >= 0.6 is 22.9 Å². The third-order valence-corrected chi connectivity index (χ3v) is 6.26. The molecule has 0 saturated carbocycles. The van der Waals surface area contributed by atoms with Gasteiger partial charge < -0.3 is 0 Å². The van der Waals surface area contributed by atoms with Crippen molar-refractivity contribution in [2.75, 3.05) is 0 Å². The molecule has 0 unspecified atom stereocenters. The van der Waals surface area contributed by atoms with Gasteiger partial charge in [0.15, 0.2) is 0 Å². The van der Waals surface area contributed by atoms with Gasteiger partial charge in [-0.2, -0.15) is 0 Å². The minimum atomic E-state index is -0.00678. The third kappa shape index (κ3) is 3.21. The van der Waals surface area contributed by atoms with Crippen LogP contribution in [0.3, 0.4) is 0 Å². The van der Waals surface area contributed by atoms with Gasteiger partial charge in [0.1, 0.15) is 16.4 Å². The van der Waals surface area contributed by atoms with E-state index in [2.05, 4.69) is 0 Å². The fourth-order valence-corrected chi connectivity index (χ4v) is 5.07. The van der Waals surface area contributed by atoms with Gasteiger partial charge in [0.2, 0.25) is 0 Å². The molecular formula is C20H19ClN2O2S. The molecule has 0 bridgehead atoms. The Hall–Kier alpha value is -1.98. The number of ketones is 1. The molecule has 4 nitrogen and oxygen atoms in total. The molecule has 0 radical (unpaired) electrons. The second kappa shape index (κ2) is 6.97. The van der Waals surface area contributed by atoms with E-state index < -0.39 is 0 Å². The highest BCUT2D eigenvalue weighted by Gasteiger charge is 2.23. The van der Waals surface area contributed by atoms with Crippen molar-refractivity contribution in [3.8, 4) is 0 Å². The van der Waals surface area contributed by atoms with E-state index in [0.717, 1.165) is 35.0 Å². The van der Waals surface area contributed by atoms with Crippen molar-refractivity contribution in [2.45, 2.75) is 45.6 Å². The summed E-state index contributed by atoms with van der Waals surface area (Å²) in [6, 6.07) is 7.59. The van der Waals surface area contributed by atoms with E-state index in [9.17, 15) is 9.59 Å². The van der Waals surface area contributed by atoms with E-state index in [-0.39, 0.29) is 11.3 Å². The Labute approximate surface area is 160 Å². The third-order valence-electron chi connectivity index (χ3n) is 4.84. The molecule has 0 atom stereocenters. The summed E-state index contributed by atoms with van der Waals surface area (Å²) in [5.74, 6) is 0.771. The van der Waals surface area contributed by atoms with E-state index >= 15 is 0 Å². The zero-order chi connectivity index (χ0) is 18.3. The number of nitrogens with zero attached hydrogens (tertiary/aromatic N) is 2. The Morgan fingerprint density at radius 3 is 2.96 bits per heavy atom. The molecular weight excluding hydrogens is 368 g/mol. The van der Waals surface area contributed by atoms with E-state index in [4.69, 9.17) is 16.6 Å². The molecule has 0 N–H and O–H groups in total. The molecule has 0 aliphatic heterocycles. The molecule has 0 spiro atoms. The van der Waals surface area contributed by atoms with Gasteiger partial charge in [-0.15, -0.1) is 11.3 Å². The summed E-state index contributed by atoms with van der Waals surface area (Å²) in [7, 11) is 0. The molecule has 2 aromatic heterocycles. The quantitative estimate of drug-likeness (QED) is 0.661. The maximum Gasteiger partial charge on any atom is 0.262 e. The number of benzene rings is 1. The van der Waals surface area contributed by atoms with Gasteiger partial charge in [0.25, 0.3) is 5.56 Å². The number of aryl methyl sites for hydroxylation is 2. The van der Waals surface area contributed by atoms with E-state index in [0.29, 0.717) is 30.2 Å². The van der Waals surface area contributed by atoms with Crippen LogP contribution in [-0.2, 0) is 30.6 Å². The number of carbonyl (C=O) groups is 1. The lowest BCUT2D eigenvalue weighted by Gasteiger charge is -2.12. The van der Waals surface area contributed by atoms with E-state index in [1.807, 2.05) is 24.3 Å². The highest BCUT2D eigenvalue weighted by Crippen LogP contribution is 2.35. The summed E-state index contributed by atoms with van der Waals surface area (Å²) in [4.78, 5) is 31.7. The summed E-state index contributed by atoms with van der Waals surface area (Å²) in [5, 5.41) is 1.43. The summed E-state index contributed by atoms with van der Waals surface area (Å²) < 4.78 is 1.69. The van der Waals surface area contributed by atoms with Gasteiger partial charge in [-0.3, -0.25) is 14.2 Å². The number of thiophene rings is 1. The van der Waals surface area contributed by atoms with Crippen molar-refractivity contribution in [3.63, 3.8) is 0 Å². The van der Waals surface area contributed by atoms with Crippen LogP contribution in [0.5, 0.6) is 0 Å². The van der Waals surface area contributed by atoms with Gasteiger partial charge in [0.05, 0.1) is 5.39 Å². The fraction of sp³-hybridized carbons (Fsp3) is 0.350. The topological polar surface area (TPSA) is 52.0 Å². The molecule has 1 aliphatic rings. The number of halogens is 1. The minimum Gasteiger partial charge on any atom is -0.300 e. The van der Waals surface area contributed by atoms with Crippen molar-refractivity contribution < 1.29 is 4.79 Å². The van der Waals surface area contributed by atoms with Crippen LogP contribution in [0.2, 0.25) is 5.02 Å². The standard InChI is InChI=1S/C20H19ClN2O2S/c1-12(24)8-9-23-17(11-13-4-2-5-14(21)10-13)22-19-18(20(23)25)15-6-3-7-16(15)26-19/h2,4-5,10H,3,6-9,11H2,1H3. The zero-order valence-electron chi connectivity index (χ0n) is 14.5. The first-order valence-corrected chi connectivity index (χ1v) is 10.00. The Bertz CT molecular complexity index is 1070. The number of Topliss-reactive ketones (excluding diaryl/α,β-unsaturated/α-hetero) is 1. The number of carbonyl (C=O) groups excluding carboxylic acids is 1. The number of rotatable bonds is 5. The lowest BCUT2D eigenvalue weighted by atomic mass is 10.1. The molecule has 0 saturated heterocycles. The average Bonchev–Trinajstić information content (AvgIpc) is 3.14. The van der Waals surface area contributed by atoms with Gasteiger partial charge in [-0.05, 0) is 49.4 Å². The average molecular weight is 387 g/mol. The summed E-state index contributed by atoms with van der Waals surface area (Å²) in [6.07, 6.45) is 3.95. The molecule has 0 fully saturated rings.